The second-order valence-electron chi connectivity index (χ2n) is 3.07. The Morgan fingerprint density at radius 2 is 2.07 bits per heavy atom. The molecule has 6 heteroatoms. The summed E-state index contributed by atoms with van der Waals surface area (Å²) < 4.78 is 0. The predicted octanol–water partition coefficient (Wildman–Crippen LogP) is -0.779. The molecule has 1 aliphatic rings. The van der Waals surface area contributed by atoms with E-state index in [1.54, 1.807) is 6.92 Å². The lowest BCUT2D eigenvalue weighted by atomic mass is 10.3. The number of likely N-dealkylation sites (N-methyl/N-ethyl adjacent to an activating group) is 1. The van der Waals surface area contributed by atoms with Crippen LogP contribution in [0.5, 0.6) is 0 Å². The standard InChI is InChI=1S/C9H14N3O3/c1-3-10-9(15)12-6-5-11(4-2)7(13)8(12)14/h1,3-6H2,2H3,(H,10,15). The number of urea groups is 1. The number of hydrogen-bond donors (Lipinski definition) is 1. The SMILES string of the molecule is [CH2]CNC(=O)N1CCN(CC)C(=O)C1=O. The number of amides is 4. The summed E-state index contributed by atoms with van der Waals surface area (Å²) in [5.74, 6) is -1.39. The van der Waals surface area contributed by atoms with Crippen molar-refractivity contribution in [2.24, 2.45) is 0 Å². The largest absolute Gasteiger partial charge is 0.338 e. The average Bonchev–Trinajstić information content (AvgIpc) is 2.22. The molecule has 1 rings (SSSR count). The highest BCUT2D eigenvalue weighted by molar-refractivity contribution is 6.38. The highest BCUT2D eigenvalue weighted by Gasteiger charge is 2.34. The van der Waals surface area contributed by atoms with Crippen molar-refractivity contribution >= 4 is 17.8 Å². The van der Waals surface area contributed by atoms with E-state index in [1.165, 1.54) is 4.90 Å². The van der Waals surface area contributed by atoms with Crippen LogP contribution in [0.4, 0.5) is 4.79 Å². The molecular formula is C9H14N3O3. The summed E-state index contributed by atoms with van der Waals surface area (Å²) in [6.07, 6.45) is 0. The van der Waals surface area contributed by atoms with E-state index in [-0.39, 0.29) is 13.1 Å². The molecule has 0 spiro atoms. The first-order valence-electron chi connectivity index (χ1n) is 4.79. The van der Waals surface area contributed by atoms with Crippen molar-refractivity contribution in [1.82, 2.24) is 15.1 Å². The molecule has 0 unspecified atom stereocenters. The minimum Gasteiger partial charge on any atom is -0.338 e. The third-order valence-corrected chi connectivity index (χ3v) is 2.21. The number of piperazine rings is 1. The van der Waals surface area contributed by atoms with Crippen LogP contribution in [0, 0.1) is 6.92 Å². The Kier molecular flexibility index (Phi) is 3.65. The Balaban J connectivity index is 2.68. The lowest BCUT2D eigenvalue weighted by Gasteiger charge is -2.31. The summed E-state index contributed by atoms with van der Waals surface area (Å²) in [5, 5.41) is 2.38. The molecule has 6 nitrogen and oxygen atoms in total. The molecule has 0 saturated carbocycles. The Bertz CT molecular complexity index is 290. The maximum atomic E-state index is 11.5. The highest BCUT2D eigenvalue weighted by Crippen LogP contribution is 2.04. The third kappa shape index (κ3) is 2.26. The molecule has 1 saturated heterocycles. The third-order valence-electron chi connectivity index (χ3n) is 2.21. The summed E-state index contributed by atoms with van der Waals surface area (Å²) in [6, 6.07) is -0.556. The maximum Gasteiger partial charge on any atom is 0.324 e. The average molecular weight is 212 g/mol. The zero-order chi connectivity index (χ0) is 11.4. The molecule has 0 bridgehead atoms. The van der Waals surface area contributed by atoms with Crippen molar-refractivity contribution in [1.29, 1.82) is 0 Å². The van der Waals surface area contributed by atoms with Crippen molar-refractivity contribution in [3.63, 3.8) is 0 Å². The van der Waals surface area contributed by atoms with E-state index in [9.17, 15) is 14.4 Å². The minimum atomic E-state index is -0.769. The first-order valence-corrected chi connectivity index (χ1v) is 4.79. The van der Waals surface area contributed by atoms with Crippen LogP contribution in [0.3, 0.4) is 0 Å². The normalized spacial score (nSPS) is 16.9. The van der Waals surface area contributed by atoms with E-state index in [0.717, 1.165) is 4.90 Å². The smallest absolute Gasteiger partial charge is 0.324 e. The Labute approximate surface area is 88.2 Å². The number of carbonyl (C=O) groups excluding carboxylic acids is 3. The maximum absolute atomic E-state index is 11.5. The summed E-state index contributed by atoms with van der Waals surface area (Å²) in [5.41, 5.74) is 0. The quantitative estimate of drug-likeness (QED) is 0.610. The molecule has 1 radical (unpaired) electrons. The highest BCUT2D eigenvalue weighted by atomic mass is 16.2. The molecular weight excluding hydrogens is 198 g/mol. The van der Waals surface area contributed by atoms with Crippen LogP contribution in [0.2, 0.25) is 0 Å². The Morgan fingerprint density at radius 1 is 1.40 bits per heavy atom. The molecule has 83 valence electrons. The minimum absolute atomic E-state index is 0.189. The zero-order valence-electron chi connectivity index (χ0n) is 8.65. The van der Waals surface area contributed by atoms with Gasteiger partial charge in [-0.25, -0.2) is 4.79 Å². The van der Waals surface area contributed by atoms with Gasteiger partial charge in [-0.15, -0.1) is 0 Å². The van der Waals surface area contributed by atoms with E-state index >= 15 is 0 Å². The fraction of sp³-hybridized carbons (Fsp3) is 0.556. The fourth-order valence-corrected chi connectivity index (χ4v) is 1.37. The lowest BCUT2D eigenvalue weighted by molar-refractivity contribution is -0.153. The fourth-order valence-electron chi connectivity index (χ4n) is 1.37. The number of nitrogens with one attached hydrogen (secondary N) is 1. The van der Waals surface area contributed by atoms with Crippen molar-refractivity contribution < 1.29 is 14.4 Å². The topological polar surface area (TPSA) is 69.7 Å². The second kappa shape index (κ2) is 4.77. The van der Waals surface area contributed by atoms with Crippen molar-refractivity contribution in [3.05, 3.63) is 6.92 Å². The van der Waals surface area contributed by atoms with Gasteiger partial charge < -0.3 is 10.2 Å². The van der Waals surface area contributed by atoms with Crippen molar-refractivity contribution in [2.75, 3.05) is 26.2 Å². The van der Waals surface area contributed by atoms with Crippen LogP contribution in [0.1, 0.15) is 6.92 Å². The lowest BCUT2D eigenvalue weighted by Crippen LogP contribution is -2.58. The van der Waals surface area contributed by atoms with Crippen LogP contribution in [0.15, 0.2) is 0 Å². The van der Waals surface area contributed by atoms with Gasteiger partial charge in [0.25, 0.3) is 0 Å². The van der Waals surface area contributed by atoms with Gasteiger partial charge in [-0.3, -0.25) is 14.5 Å². The van der Waals surface area contributed by atoms with Crippen LogP contribution >= 0.6 is 0 Å². The second-order valence-corrected chi connectivity index (χ2v) is 3.07. The van der Waals surface area contributed by atoms with Gasteiger partial charge in [0.15, 0.2) is 0 Å². The molecule has 0 aromatic heterocycles. The molecule has 4 amide bonds. The van der Waals surface area contributed by atoms with Crippen LogP contribution in [0.25, 0.3) is 0 Å². The molecule has 0 aliphatic carbocycles. The molecule has 0 aromatic carbocycles. The molecule has 1 heterocycles. The Hall–Kier alpha value is -1.59. The van der Waals surface area contributed by atoms with E-state index in [2.05, 4.69) is 12.2 Å². The number of hydrogen-bond acceptors (Lipinski definition) is 3. The van der Waals surface area contributed by atoms with E-state index in [0.29, 0.717) is 13.1 Å². The van der Waals surface area contributed by atoms with Gasteiger partial charge in [0.1, 0.15) is 0 Å². The number of nitrogens with zero attached hydrogens (tertiary/aromatic N) is 2. The van der Waals surface area contributed by atoms with Crippen molar-refractivity contribution in [2.45, 2.75) is 6.92 Å². The number of carbonyl (C=O) groups is 3. The predicted molar refractivity (Wildman–Crippen MR) is 52.7 cm³/mol. The van der Waals surface area contributed by atoms with Gasteiger partial charge in [-0.2, -0.15) is 0 Å². The summed E-state index contributed by atoms with van der Waals surface area (Å²) >= 11 is 0. The van der Waals surface area contributed by atoms with Crippen LogP contribution < -0.4 is 5.32 Å². The monoisotopic (exact) mass is 212 g/mol. The van der Waals surface area contributed by atoms with Gasteiger partial charge in [-0.05, 0) is 13.8 Å². The molecule has 1 N–H and O–H groups in total. The summed E-state index contributed by atoms with van der Waals surface area (Å²) in [7, 11) is 0. The van der Waals surface area contributed by atoms with Gasteiger partial charge in [0.05, 0.1) is 0 Å². The van der Waals surface area contributed by atoms with E-state index in [4.69, 9.17) is 0 Å². The molecule has 15 heavy (non-hydrogen) atoms. The van der Waals surface area contributed by atoms with E-state index < -0.39 is 17.8 Å². The Morgan fingerprint density at radius 3 is 2.60 bits per heavy atom. The molecule has 1 aliphatic heterocycles. The number of rotatable bonds is 2. The van der Waals surface area contributed by atoms with Gasteiger partial charge in [0, 0.05) is 26.2 Å². The van der Waals surface area contributed by atoms with Crippen molar-refractivity contribution in [3.8, 4) is 0 Å². The first-order chi connectivity index (χ1) is 7.11. The van der Waals surface area contributed by atoms with Crippen LogP contribution in [-0.2, 0) is 9.59 Å². The number of imide groups is 1. The summed E-state index contributed by atoms with van der Waals surface area (Å²) in [6.45, 7) is 6.52. The van der Waals surface area contributed by atoms with Crippen LogP contribution in [-0.4, -0.2) is 53.8 Å². The zero-order valence-corrected chi connectivity index (χ0v) is 8.65. The first kappa shape index (κ1) is 11.5. The van der Waals surface area contributed by atoms with Gasteiger partial charge in [-0.1, -0.05) is 0 Å². The van der Waals surface area contributed by atoms with E-state index in [1.807, 2.05) is 0 Å². The molecule has 1 fully saturated rings. The molecule has 0 atom stereocenters. The van der Waals surface area contributed by atoms with Gasteiger partial charge >= 0.3 is 17.8 Å². The molecule has 0 aromatic rings. The summed E-state index contributed by atoms with van der Waals surface area (Å²) in [4.78, 5) is 36.5. The van der Waals surface area contributed by atoms with Gasteiger partial charge in [0.2, 0.25) is 0 Å².